The number of phenols is 1. The number of aliphatic hydroxyl groups excluding tert-OH is 3. The third-order valence-corrected chi connectivity index (χ3v) is 7.37. The molecule has 8 heteroatoms. The van der Waals surface area contributed by atoms with E-state index in [1.165, 1.54) is 19.3 Å². The second-order valence-corrected chi connectivity index (χ2v) is 10.8. The fourth-order valence-corrected chi connectivity index (χ4v) is 5.10. The summed E-state index contributed by atoms with van der Waals surface area (Å²) in [5, 5.41) is 41.4. The van der Waals surface area contributed by atoms with Gasteiger partial charge in [0.05, 0.1) is 18.8 Å². The number of nitrogens with zero attached hydrogens (tertiary/aromatic N) is 2. The van der Waals surface area contributed by atoms with E-state index in [1.807, 2.05) is 24.3 Å². The minimum Gasteiger partial charge on any atom is -0.668 e. The number of aromatic hydroxyl groups is 1. The number of ether oxygens (including phenoxy) is 1. The summed E-state index contributed by atoms with van der Waals surface area (Å²) >= 11 is 0. The lowest BCUT2D eigenvalue weighted by Gasteiger charge is -2.26. The number of hydrogen-bond acceptors (Lipinski definition) is 7. The highest BCUT2D eigenvalue weighted by Gasteiger charge is 2.21. The van der Waals surface area contributed by atoms with Gasteiger partial charge in [0.1, 0.15) is 11.9 Å². The van der Waals surface area contributed by atoms with Crippen LogP contribution in [0.2, 0.25) is 0 Å². The lowest BCUT2D eigenvalue weighted by Crippen LogP contribution is -2.25. The van der Waals surface area contributed by atoms with E-state index in [-0.39, 0.29) is 24.0 Å². The number of rotatable bonds is 19. The molecule has 0 radical (unpaired) electrons. The van der Waals surface area contributed by atoms with Crippen molar-refractivity contribution in [3.05, 3.63) is 71.7 Å². The first-order valence-corrected chi connectivity index (χ1v) is 14.6. The van der Waals surface area contributed by atoms with Crippen LogP contribution in [-0.2, 0) is 12.8 Å². The van der Waals surface area contributed by atoms with Gasteiger partial charge in [0.2, 0.25) is 0 Å². The number of pyridine rings is 1. The lowest BCUT2D eigenvalue weighted by atomic mass is 9.89. The van der Waals surface area contributed by atoms with Crippen molar-refractivity contribution in [2.45, 2.75) is 102 Å². The van der Waals surface area contributed by atoms with Gasteiger partial charge in [-0.1, -0.05) is 57.2 Å². The normalized spacial score (nSPS) is 14.5. The minimum atomic E-state index is -0.604. The number of unbranched alkanes of at least 4 members (excludes halogenated alkanes) is 4. The van der Waals surface area contributed by atoms with Crippen LogP contribution in [0, 0.1) is 0 Å². The maximum absolute atomic E-state index is 10.5. The van der Waals surface area contributed by atoms with Crippen LogP contribution in [0.25, 0.3) is 0 Å². The van der Waals surface area contributed by atoms with Gasteiger partial charge < -0.3 is 35.9 Å². The molecule has 0 unspecified atom stereocenters. The van der Waals surface area contributed by atoms with Crippen molar-refractivity contribution in [3.8, 4) is 11.5 Å². The Balaban J connectivity index is 1.57. The van der Waals surface area contributed by atoms with E-state index >= 15 is 0 Å². The number of nitrogens with two attached hydrogens (primary N) is 1. The van der Waals surface area contributed by atoms with Crippen LogP contribution in [0.5, 0.6) is 11.5 Å². The molecule has 0 saturated carbocycles. The zero-order chi connectivity index (χ0) is 28.7. The predicted molar refractivity (Wildman–Crippen MR) is 157 cm³/mol. The quantitative estimate of drug-likeness (QED) is 0.132. The number of hydrogen-bond donors (Lipinski definition) is 5. The third kappa shape index (κ3) is 10.8. The highest BCUT2D eigenvalue weighted by Crippen LogP contribution is 2.32. The van der Waals surface area contributed by atoms with Crippen molar-refractivity contribution < 1.29 is 25.2 Å². The summed E-state index contributed by atoms with van der Waals surface area (Å²) in [7, 11) is 0. The second-order valence-electron chi connectivity index (χ2n) is 10.8. The standard InChI is InChI=1S/C32H46N3O5/c1-2-3-4-5-6-9-27(37)21-28(38)12-10-23-11-13-30(39)31(17-23)40-29(22-36)19-25(18-26-8-7-15-34-26)24-14-16-35-32(33)20-24/h7-8,11,13-17,20,25,27-29,36-39H,2-6,9-10,12,18-19,21-22H2,1H3,(H2,33,35)/q-1/t25-,27-,28+,29-/m0/s1. The summed E-state index contributed by atoms with van der Waals surface area (Å²) in [5.41, 5.74) is 8.75. The summed E-state index contributed by atoms with van der Waals surface area (Å²) in [6.45, 7) is 1.95. The molecule has 2 heterocycles. The summed E-state index contributed by atoms with van der Waals surface area (Å²) < 4.78 is 6.11. The van der Waals surface area contributed by atoms with Crippen LogP contribution in [0.15, 0.2) is 54.9 Å². The monoisotopic (exact) mass is 552 g/mol. The number of benzene rings is 1. The average Bonchev–Trinajstić information content (AvgIpc) is 3.45. The zero-order valence-electron chi connectivity index (χ0n) is 23.7. The van der Waals surface area contributed by atoms with Gasteiger partial charge in [-0.05, 0) is 79.8 Å². The fourth-order valence-electron chi connectivity index (χ4n) is 5.10. The van der Waals surface area contributed by atoms with Crippen molar-refractivity contribution >= 4 is 5.82 Å². The Hall–Kier alpha value is -3.07. The van der Waals surface area contributed by atoms with Gasteiger partial charge in [0.15, 0.2) is 11.5 Å². The first kappa shape index (κ1) is 31.5. The highest BCUT2D eigenvalue weighted by molar-refractivity contribution is 5.42. The molecule has 0 bridgehead atoms. The smallest absolute Gasteiger partial charge is 0.161 e. The number of aryl methyl sites for hydroxylation is 1. The van der Waals surface area contributed by atoms with E-state index in [0.29, 0.717) is 37.9 Å². The van der Waals surface area contributed by atoms with Crippen molar-refractivity contribution in [3.63, 3.8) is 0 Å². The molecule has 0 aliphatic carbocycles. The van der Waals surface area contributed by atoms with Gasteiger partial charge in [0, 0.05) is 6.20 Å². The maximum atomic E-state index is 10.5. The Morgan fingerprint density at radius 2 is 1.77 bits per heavy atom. The van der Waals surface area contributed by atoms with Crippen LogP contribution < -0.4 is 15.5 Å². The molecule has 4 atom stereocenters. The van der Waals surface area contributed by atoms with Crippen LogP contribution in [-0.4, -0.2) is 50.3 Å². The van der Waals surface area contributed by atoms with E-state index in [1.54, 1.807) is 30.6 Å². The maximum Gasteiger partial charge on any atom is 0.161 e. The van der Waals surface area contributed by atoms with E-state index in [9.17, 15) is 20.4 Å². The Morgan fingerprint density at radius 1 is 0.975 bits per heavy atom. The average molecular weight is 553 g/mol. The molecule has 3 rings (SSSR count). The fraction of sp³-hybridized carbons (Fsp3) is 0.531. The molecular formula is C32H46N3O5-. The van der Waals surface area contributed by atoms with Gasteiger partial charge in [-0.15, -0.1) is 0 Å². The minimum absolute atomic E-state index is 0.0105. The van der Waals surface area contributed by atoms with Crippen molar-refractivity contribution in [1.29, 1.82) is 0 Å². The van der Waals surface area contributed by atoms with Crippen LogP contribution >= 0.6 is 0 Å². The number of nitrogen functional groups attached to an aromatic ring is 1. The van der Waals surface area contributed by atoms with E-state index in [2.05, 4.69) is 16.9 Å². The predicted octanol–water partition coefficient (Wildman–Crippen LogP) is 4.89. The van der Waals surface area contributed by atoms with E-state index in [0.717, 1.165) is 36.1 Å². The first-order valence-electron chi connectivity index (χ1n) is 14.6. The molecule has 8 nitrogen and oxygen atoms in total. The highest BCUT2D eigenvalue weighted by atomic mass is 16.5. The molecule has 0 saturated heterocycles. The van der Waals surface area contributed by atoms with E-state index in [4.69, 9.17) is 10.5 Å². The third-order valence-electron chi connectivity index (χ3n) is 7.37. The summed E-state index contributed by atoms with van der Waals surface area (Å²) in [6, 6.07) is 12.7. The van der Waals surface area contributed by atoms with Crippen molar-refractivity contribution in [1.82, 2.24) is 9.97 Å². The number of anilines is 1. The molecule has 0 spiro atoms. The van der Waals surface area contributed by atoms with Crippen molar-refractivity contribution in [2.75, 3.05) is 12.3 Å². The molecule has 0 aliphatic rings. The van der Waals surface area contributed by atoms with Gasteiger partial charge in [-0.2, -0.15) is 11.9 Å². The molecule has 220 valence electrons. The largest absolute Gasteiger partial charge is 0.668 e. The Kier molecular flexibility index (Phi) is 13.3. The Labute approximate surface area is 238 Å². The van der Waals surface area contributed by atoms with Gasteiger partial charge in [-0.3, -0.25) is 0 Å². The SMILES string of the molecule is CCCCCCC[C@H](O)C[C@H](O)CCc1ccc(O)c(O[C@H](CO)C[C@H](Cc2ccc[n-]2)c2ccnc(N)c2)c1. The van der Waals surface area contributed by atoms with Gasteiger partial charge in [-0.25, -0.2) is 4.98 Å². The molecule has 0 aliphatic heterocycles. The first-order chi connectivity index (χ1) is 19.4. The van der Waals surface area contributed by atoms with Gasteiger partial charge >= 0.3 is 0 Å². The molecule has 0 fully saturated rings. The Morgan fingerprint density at radius 3 is 2.50 bits per heavy atom. The molecule has 40 heavy (non-hydrogen) atoms. The van der Waals surface area contributed by atoms with Crippen LogP contribution in [0.1, 0.15) is 87.4 Å². The van der Waals surface area contributed by atoms with Crippen LogP contribution in [0.3, 0.4) is 0 Å². The summed E-state index contributed by atoms with van der Waals surface area (Å²) in [5.74, 6) is 0.670. The molecular weight excluding hydrogens is 506 g/mol. The molecule has 6 N–H and O–H groups in total. The molecule has 1 aromatic carbocycles. The van der Waals surface area contributed by atoms with E-state index < -0.39 is 18.3 Å². The zero-order valence-corrected chi connectivity index (χ0v) is 23.7. The van der Waals surface area contributed by atoms with Crippen molar-refractivity contribution in [2.24, 2.45) is 0 Å². The number of aliphatic hydroxyl groups is 3. The van der Waals surface area contributed by atoms with Crippen LogP contribution in [0.4, 0.5) is 5.82 Å². The lowest BCUT2D eigenvalue weighted by molar-refractivity contribution is 0.0696. The molecule has 2 aromatic heterocycles. The summed E-state index contributed by atoms with van der Waals surface area (Å²) in [6.07, 6.45) is 10.7. The molecule has 3 aromatic rings. The number of aromatic nitrogens is 2. The van der Waals surface area contributed by atoms with Gasteiger partial charge in [0.25, 0.3) is 0 Å². The topological polar surface area (TPSA) is 143 Å². The number of phenolic OH excluding ortho intramolecular Hbond substituents is 1. The second kappa shape index (κ2) is 16.9. The molecule has 0 amide bonds. The Bertz CT molecular complexity index is 1110. The summed E-state index contributed by atoms with van der Waals surface area (Å²) in [4.78, 5) is 8.49.